The largest absolute Gasteiger partial charge is 0.357 e. The number of carbonyl (C=O) groups is 2. The fourth-order valence-electron chi connectivity index (χ4n) is 2.84. The summed E-state index contributed by atoms with van der Waals surface area (Å²) in [7, 11) is 0. The molecule has 2 N–H and O–H groups in total. The predicted octanol–water partition coefficient (Wildman–Crippen LogP) is 2.27. The van der Waals surface area contributed by atoms with Crippen molar-refractivity contribution in [1.82, 2.24) is 15.5 Å². The van der Waals surface area contributed by atoms with Crippen LogP contribution < -0.4 is 10.6 Å². The van der Waals surface area contributed by atoms with Crippen LogP contribution in [0.2, 0.25) is 0 Å². The van der Waals surface area contributed by atoms with Gasteiger partial charge in [0.1, 0.15) is 0 Å². The smallest absolute Gasteiger partial charge is 0.261 e. The summed E-state index contributed by atoms with van der Waals surface area (Å²) in [6.45, 7) is 8.69. The van der Waals surface area contributed by atoms with Crippen LogP contribution in [-0.4, -0.2) is 48.9 Å². The van der Waals surface area contributed by atoms with E-state index in [0.29, 0.717) is 30.1 Å². The van der Waals surface area contributed by atoms with E-state index in [9.17, 15) is 9.59 Å². The van der Waals surface area contributed by atoms with Crippen LogP contribution in [0.3, 0.4) is 0 Å². The normalized spacial score (nSPS) is 14.2. The van der Waals surface area contributed by atoms with E-state index in [2.05, 4.69) is 29.5 Å². The van der Waals surface area contributed by atoms with E-state index in [1.807, 2.05) is 6.92 Å². The van der Waals surface area contributed by atoms with E-state index in [4.69, 9.17) is 0 Å². The Morgan fingerprint density at radius 2 is 1.64 bits per heavy atom. The minimum absolute atomic E-state index is 0.221. The summed E-state index contributed by atoms with van der Waals surface area (Å²) >= 11 is 0. The van der Waals surface area contributed by atoms with Crippen molar-refractivity contribution in [1.29, 1.82) is 0 Å². The third-order valence-corrected chi connectivity index (χ3v) is 4.51. The van der Waals surface area contributed by atoms with Gasteiger partial charge in [-0.3, -0.25) is 19.5 Å². The lowest BCUT2D eigenvalue weighted by atomic mass is 10.0. The van der Waals surface area contributed by atoms with E-state index < -0.39 is 0 Å². The molecule has 0 bridgehead atoms. The van der Waals surface area contributed by atoms with Crippen LogP contribution in [-0.2, 0) is 0 Å². The highest BCUT2D eigenvalue weighted by atomic mass is 16.2. The Labute approximate surface area is 149 Å². The lowest BCUT2D eigenvalue weighted by Gasteiger charge is -2.17. The summed E-state index contributed by atoms with van der Waals surface area (Å²) in [6.07, 6.45) is 2.21. The van der Waals surface area contributed by atoms with Crippen LogP contribution in [0.5, 0.6) is 0 Å². The van der Waals surface area contributed by atoms with Gasteiger partial charge in [-0.05, 0) is 25.0 Å². The van der Waals surface area contributed by atoms with E-state index in [0.717, 1.165) is 31.9 Å². The fourth-order valence-corrected chi connectivity index (χ4v) is 2.84. The number of imide groups is 1. The first-order valence-corrected chi connectivity index (χ1v) is 9.09. The van der Waals surface area contributed by atoms with Crippen molar-refractivity contribution in [2.24, 2.45) is 10.9 Å². The number of nitrogens with zero attached hydrogens (tertiary/aromatic N) is 2. The first kappa shape index (κ1) is 19.0. The second-order valence-electron chi connectivity index (χ2n) is 6.14. The summed E-state index contributed by atoms with van der Waals surface area (Å²) < 4.78 is 0. The molecule has 0 fully saturated rings. The zero-order chi connectivity index (χ0) is 18.2. The average molecular weight is 344 g/mol. The maximum Gasteiger partial charge on any atom is 0.261 e. The third kappa shape index (κ3) is 4.59. The Bertz CT molecular complexity index is 603. The minimum Gasteiger partial charge on any atom is -0.357 e. The number of aliphatic imine (C=N–C) groups is 1. The average Bonchev–Trinajstić information content (AvgIpc) is 2.87. The van der Waals surface area contributed by atoms with E-state index in [1.165, 1.54) is 4.90 Å². The van der Waals surface area contributed by atoms with E-state index >= 15 is 0 Å². The molecule has 1 aliphatic rings. The van der Waals surface area contributed by atoms with Crippen molar-refractivity contribution in [3.8, 4) is 0 Å². The van der Waals surface area contributed by atoms with Crippen LogP contribution in [0.15, 0.2) is 29.3 Å². The van der Waals surface area contributed by atoms with Gasteiger partial charge >= 0.3 is 0 Å². The van der Waals surface area contributed by atoms with Gasteiger partial charge in [-0.1, -0.05) is 38.8 Å². The molecule has 25 heavy (non-hydrogen) atoms. The van der Waals surface area contributed by atoms with Crippen molar-refractivity contribution >= 4 is 17.8 Å². The number of hydrogen-bond acceptors (Lipinski definition) is 3. The van der Waals surface area contributed by atoms with Gasteiger partial charge in [-0.2, -0.15) is 0 Å². The predicted molar refractivity (Wildman–Crippen MR) is 99.9 cm³/mol. The molecule has 0 atom stereocenters. The quantitative estimate of drug-likeness (QED) is 0.431. The highest BCUT2D eigenvalue weighted by molar-refractivity contribution is 6.21. The number of hydrogen-bond donors (Lipinski definition) is 2. The molecule has 1 aliphatic heterocycles. The number of amides is 2. The molecule has 0 saturated heterocycles. The number of benzene rings is 1. The van der Waals surface area contributed by atoms with Gasteiger partial charge in [0, 0.05) is 26.2 Å². The molecule has 0 aromatic heterocycles. The van der Waals surface area contributed by atoms with Gasteiger partial charge in [0.15, 0.2) is 5.96 Å². The molecule has 2 amide bonds. The fraction of sp³-hybridized carbons (Fsp3) is 0.526. The zero-order valence-corrected chi connectivity index (χ0v) is 15.3. The van der Waals surface area contributed by atoms with E-state index in [-0.39, 0.29) is 11.8 Å². The highest BCUT2D eigenvalue weighted by Crippen LogP contribution is 2.21. The topological polar surface area (TPSA) is 73.8 Å². The van der Waals surface area contributed by atoms with Crippen LogP contribution in [0.4, 0.5) is 0 Å². The van der Waals surface area contributed by atoms with Crippen molar-refractivity contribution in [3.05, 3.63) is 35.4 Å². The molecule has 136 valence electrons. The Kier molecular flexibility index (Phi) is 6.98. The monoisotopic (exact) mass is 344 g/mol. The molecule has 0 saturated carbocycles. The maximum absolute atomic E-state index is 12.3. The number of nitrogens with one attached hydrogen (secondary N) is 2. The van der Waals surface area contributed by atoms with Gasteiger partial charge in [-0.15, -0.1) is 0 Å². The molecule has 6 heteroatoms. The zero-order valence-electron chi connectivity index (χ0n) is 15.3. The molecular weight excluding hydrogens is 316 g/mol. The summed E-state index contributed by atoms with van der Waals surface area (Å²) in [6, 6.07) is 6.95. The summed E-state index contributed by atoms with van der Waals surface area (Å²) in [5, 5.41) is 6.41. The molecule has 6 nitrogen and oxygen atoms in total. The van der Waals surface area contributed by atoms with Crippen LogP contribution >= 0.6 is 0 Å². The molecule has 1 heterocycles. The number of rotatable bonds is 8. The van der Waals surface area contributed by atoms with Gasteiger partial charge in [0.2, 0.25) is 0 Å². The molecule has 0 aliphatic carbocycles. The first-order chi connectivity index (χ1) is 12.1. The summed E-state index contributed by atoms with van der Waals surface area (Å²) in [4.78, 5) is 30.6. The third-order valence-electron chi connectivity index (χ3n) is 4.51. The van der Waals surface area contributed by atoms with Gasteiger partial charge in [-0.25, -0.2) is 0 Å². The summed E-state index contributed by atoms with van der Waals surface area (Å²) in [5.74, 6) is 0.862. The van der Waals surface area contributed by atoms with Crippen molar-refractivity contribution in [2.75, 3.05) is 26.2 Å². The first-order valence-electron chi connectivity index (χ1n) is 9.09. The molecular formula is C19H28N4O2. The second kappa shape index (κ2) is 9.20. The van der Waals surface area contributed by atoms with Crippen molar-refractivity contribution in [2.45, 2.75) is 33.6 Å². The van der Waals surface area contributed by atoms with E-state index in [1.54, 1.807) is 24.3 Å². The standard InChI is InChI=1S/C19H28N4O2/c1-4-14(5-2)13-22-19(20-6-3)21-11-12-23-17(24)15-9-7-8-10-16(15)18(23)25/h7-10,14H,4-6,11-13H2,1-3H3,(H2,20,21,22). The molecule has 0 unspecified atom stereocenters. The molecule has 0 spiro atoms. The molecule has 2 rings (SSSR count). The highest BCUT2D eigenvalue weighted by Gasteiger charge is 2.34. The lowest BCUT2D eigenvalue weighted by Crippen LogP contribution is -2.43. The maximum atomic E-state index is 12.3. The Morgan fingerprint density at radius 1 is 1.04 bits per heavy atom. The number of guanidine groups is 1. The summed E-state index contributed by atoms with van der Waals surface area (Å²) in [5.41, 5.74) is 0.976. The van der Waals surface area contributed by atoms with Crippen LogP contribution in [0, 0.1) is 5.92 Å². The van der Waals surface area contributed by atoms with Crippen LogP contribution in [0.25, 0.3) is 0 Å². The Balaban J connectivity index is 1.91. The Hall–Kier alpha value is -2.37. The molecule has 0 radical (unpaired) electrons. The Morgan fingerprint density at radius 3 is 2.16 bits per heavy atom. The van der Waals surface area contributed by atoms with Gasteiger partial charge < -0.3 is 10.6 Å². The molecule has 1 aromatic carbocycles. The lowest BCUT2D eigenvalue weighted by molar-refractivity contribution is 0.0657. The van der Waals surface area contributed by atoms with Crippen molar-refractivity contribution in [3.63, 3.8) is 0 Å². The van der Waals surface area contributed by atoms with Gasteiger partial charge in [0.05, 0.1) is 11.1 Å². The number of carbonyl (C=O) groups excluding carboxylic acids is 2. The number of fused-ring (bicyclic) bond motifs is 1. The van der Waals surface area contributed by atoms with Crippen LogP contribution in [0.1, 0.15) is 54.3 Å². The minimum atomic E-state index is -0.221. The van der Waals surface area contributed by atoms with Crippen molar-refractivity contribution < 1.29 is 9.59 Å². The van der Waals surface area contributed by atoms with Gasteiger partial charge in [0.25, 0.3) is 11.8 Å². The SMILES string of the molecule is CCNC(=NCC(CC)CC)NCCN1C(=O)c2ccccc2C1=O. The second-order valence-corrected chi connectivity index (χ2v) is 6.14. The molecule has 1 aromatic rings.